The summed E-state index contributed by atoms with van der Waals surface area (Å²) >= 11 is 0. The average Bonchev–Trinajstić information content (AvgIpc) is 2.40. The predicted octanol–water partition coefficient (Wildman–Crippen LogP) is 3.55. The van der Waals surface area contributed by atoms with Gasteiger partial charge in [0.15, 0.2) is 11.6 Å². The Kier molecular flexibility index (Phi) is 4.17. The molecule has 2 rings (SSSR count). The molecule has 0 saturated carbocycles. The minimum absolute atomic E-state index is 0.0330. The molecule has 2 aromatic rings. The van der Waals surface area contributed by atoms with Gasteiger partial charge in [-0.3, -0.25) is 0 Å². The smallest absolute Gasteiger partial charge is 0.165 e. The van der Waals surface area contributed by atoms with Crippen molar-refractivity contribution in [2.45, 2.75) is 20.0 Å². The van der Waals surface area contributed by atoms with Crippen LogP contribution in [0, 0.1) is 19.7 Å². The molecule has 19 heavy (non-hydrogen) atoms. The van der Waals surface area contributed by atoms with E-state index in [1.165, 1.54) is 6.07 Å². The van der Waals surface area contributed by atoms with Crippen LogP contribution >= 0.6 is 0 Å². The number of benzene rings is 2. The highest BCUT2D eigenvalue weighted by Crippen LogP contribution is 2.22. The Morgan fingerprint density at radius 2 is 1.89 bits per heavy atom. The van der Waals surface area contributed by atoms with Crippen LogP contribution in [-0.2, 0) is 0 Å². The lowest BCUT2D eigenvalue weighted by molar-refractivity contribution is 0.105. The lowest BCUT2D eigenvalue weighted by Crippen LogP contribution is -2.11. The lowest BCUT2D eigenvalue weighted by Gasteiger charge is -2.15. The van der Waals surface area contributed by atoms with Gasteiger partial charge in [0.05, 0.1) is 0 Å². The number of ether oxygens (including phenoxy) is 1. The first-order valence-corrected chi connectivity index (χ1v) is 6.20. The van der Waals surface area contributed by atoms with Gasteiger partial charge in [-0.15, -0.1) is 0 Å². The molecule has 2 nitrogen and oxygen atoms in total. The molecule has 0 saturated heterocycles. The van der Waals surface area contributed by atoms with Crippen LogP contribution in [0.1, 0.15) is 22.8 Å². The van der Waals surface area contributed by atoms with Gasteiger partial charge in [0.1, 0.15) is 12.7 Å². The molecule has 0 spiro atoms. The zero-order valence-corrected chi connectivity index (χ0v) is 11.1. The summed E-state index contributed by atoms with van der Waals surface area (Å²) in [6.07, 6.45) is -0.764. The molecular formula is C16H17FO2. The van der Waals surface area contributed by atoms with E-state index in [9.17, 15) is 9.50 Å². The third-order valence-corrected chi connectivity index (χ3v) is 3.03. The third-order valence-electron chi connectivity index (χ3n) is 3.03. The van der Waals surface area contributed by atoms with Crippen LogP contribution in [0.2, 0.25) is 0 Å². The van der Waals surface area contributed by atoms with Gasteiger partial charge in [-0.2, -0.15) is 0 Å². The summed E-state index contributed by atoms with van der Waals surface area (Å²) in [5, 5.41) is 10.1. The number of aliphatic hydroxyl groups is 1. The van der Waals surface area contributed by atoms with Crippen LogP contribution in [-0.4, -0.2) is 11.7 Å². The van der Waals surface area contributed by atoms with Crippen LogP contribution < -0.4 is 4.74 Å². The molecule has 0 bridgehead atoms. The second kappa shape index (κ2) is 5.85. The van der Waals surface area contributed by atoms with Crippen molar-refractivity contribution in [3.8, 4) is 5.75 Å². The molecule has 0 radical (unpaired) electrons. The summed E-state index contributed by atoms with van der Waals surface area (Å²) in [5.74, 6) is -0.262. The van der Waals surface area contributed by atoms with E-state index in [4.69, 9.17) is 4.74 Å². The molecule has 3 heteroatoms. The average molecular weight is 260 g/mol. The van der Waals surface area contributed by atoms with E-state index in [1.807, 2.05) is 32.0 Å². The molecule has 0 aliphatic carbocycles. The minimum Gasteiger partial charge on any atom is -0.487 e. The van der Waals surface area contributed by atoms with E-state index >= 15 is 0 Å². The van der Waals surface area contributed by atoms with Gasteiger partial charge in [-0.25, -0.2) is 4.39 Å². The van der Waals surface area contributed by atoms with Gasteiger partial charge < -0.3 is 9.84 Å². The molecule has 1 N–H and O–H groups in total. The quantitative estimate of drug-likeness (QED) is 0.910. The molecular weight excluding hydrogens is 243 g/mol. The molecule has 100 valence electrons. The first kappa shape index (κ1) is 13.6. The van der Waals surface area contributed by atoms with Crippen molar-refractivity contribution in [2.75, 3.05) is 6.61 Å². The van der Waals surface area contributed by atoms with E-state index in [-0.39, 0.29) is 12.4 Å². The first-order valence-electron chi connectivity index (χ1n) is 6.20. The predicted molar refractivity (Wildman–Crippen MR) is 72.8 cm³/mol. The largest absolute Gasteiger partial charge is 0.487 e. The maximum Gasteiger partial charge on any atom is 0.165 e. The van der Waals surface area contributed by atoms with Crippen molar-refractivity contribution >= 4 is 0 Å². The van der Waals surface area contributed by atoms with Crippen LogP contribution in [0.3, 0.4) is 0 Å². The van der Waals surface area contributed by atoms with E-state index in [1.54, 1.807) is 18.2 Å². The van der Waals surface area contributed by atoms with Gasteiger partial charge >= 0.3 is 0 Å². The number of hydrogen-bond donors (Lipinski definition) is 1. The first-order chi connectivity index (χ1) is 9.08. The van der Waals surface area contributed by atoms with E-state index in [0.29, 0.717) is 0 Å². The van der Waals surface area contributed by atoms with Crippen molar-refractivity contribution in [3.05, 3.63) is 65.0 Å². The third kappa shape index (κ3) is 3.32. The van der Waals surface area contributed by atoms with Gasteiger partial charge in [-0.1, -0.05) is 35.9 Å². The number of rotatable bonds is 4. The standard InChI is InChI=1S/C16H17FO2/c1-11-7-8-12(2)13(9-11)15(18)10-19-16-6-4-3-5-14(16)17/h3-9,15,18H,10H2,1-2H3. The Bertz CT molecular complexity index is 566. The summed E-state index contributed by atoms with van der Waals surface area (Å²) in [6, 6.07) is 12.0. The maximum absolute atomic E-state index is 13.4. The minimum atomic E-state index is -0.764. The number of halogens is 1. The summed E-state index contributed by atoms with van der Waals surface area (Å²) in [5.41, 5.74) is 2.89. The van der Waals surface area contributed by atoms with Gasteiger partial charge in [0, 0.05) is 0 Å². The molecule has 0 aliphatic rings. The zero-order valence-electron chi connectivity index (χ0n) is 11.1. The molecule has 0 amide bonds. The molecule has 0 fully saturated rings. The van der Waals surface area contributed by atoms with Crippen molar-refractivity contribution in [1.29, 1.82) is 0 Å². The molecule has 1 atom stereocenters. The summed E-state index contributed by atoms with van der Waals surface area (Å²) in [4.78, 5) is 0. The van der Waals surface area contributed by atoms with Crippen molar-refractivity contribution < 1.29 is 14.2 Å². The fourth-order valence-corrected chi connectivity index (χ4v) is 1.94. The Balaban J connectivity index is 2.07. The van der Waals surface area contributed by atoms with Crippen LogP contribution in [0.4, 0.5) is 4.39 Å². The number of aryl methyl sites for hydroxylation is 2. The monoisotopic (exact) mass is 260 g/mol. The molecule has 0 aromatic heterocycles. The van der Waals surface area contributed by atoms with Crippen molar-refractivity contribution in [3.63, 3.8) is 0 Å². The van der Waals surface area contributed by atoms with Gasteiger partial charge in [0.2, 0.25) is 0 Å². The topological polar surface area (TPSA) is 29.5 Å². The molecule has 1 unspecified atom stereocenters. The Morgan fingerprint density at radius 1 is 1.16 bits per heavy atom. The number of hydrogen-bond acceptors (Lipinski definition) is 2. The molecule has 0 aliphatic heterocycles. The highest BCUT2D eigenvalue weighted by Gasteiger charge is 2.12. The molecule has 0 heterocycles. The Morgan fingerprint density at radius 3 is 2.63 bits per heavy atom. The highest BCUT2D eigenvalue weighted by molar-refractivity contribution is 5.32. The second-order valence-electron chi connectivity index (χ2n) is 4.62. The normalized spacial score (nSPS) is 12.2. The summed E-state index contributed by atoms with van der Waals surface area (Å²) < 4.78 is 18.7. The Labute approximate surface area is 112 Å². The van der Waals surface area contributed by atoms with E-state index < -0.39 is 11.9 Å². The van der Waals surface area contributed by atoms with Crippen molar-refractivity contribution in [1.82, 2.24) is 0 Å². The van der Waals surface area contributed by atoms with Crippen LogP contribution in [0.15, 0.2) is 42.5 Å². The SMILES string of the molecule is Cc1ccc(C)c(C(O)COc2ccccc2F)c1. The zero-order chi connectivity index (χ0) is 13.8. The molecule has 2 aromatic carbocycles. The lowest BCUT2D eigenvalue weighted by atomic mass is 10.0. The fourth-order valence-electron chi connectivity index (χ4n) is 1.94. The highest BCUT2D eigenvalue weighted by atomic mass is 19.1. The fraction of sp³-hybridized carbons (Fsp3) is 0.250. The summed E-state index contributed by atoms with van der Waals surface area (Å²) in [7, 11) is 0. The number of para-hydroxylation sites is 1. The summed E-state index contributed by atoms with van der Waals surface area (Å²) in [6.45, 7) is 3.93. The van der Waals surface area contributed by atoms with Crippen molar-refractivity contribution in [2.24, 2.45) is 0 Å². The maximum atomic E-state index is 13.4. The van der Waals surface area contributed by atoms with Crippen LogP contribution in [0.5, 0.6) is 5.75 Å². The second-order valence-corrected chi connectivity index (χ2v) is 4.62. The van der Waals surface area contributed by atoms with E-state index in [0.717, 1.165) is 16.7 Å². The number of aliphatic hydroxyl groups excluding tert-OH is 1. The van der Waals surface area contributed by atoms with Crippen LogP contribution in [0.25, 0.3) is 0 Å². The van der Waals surface area contributed by atoms with E-state index in [2.05, 4.69) is 0 Å². The van der Waals surface area contributed by atoms with Gasteiger partial charge in [0.25, 0.3) is 0 Å². The Hall–Kier alpha value is -1.87. The van der Waals surface area contributed by atoms with Gasteiger partial charge in [-0.05, 0) is 37.1 Å².